The monoisotopic (exact) mass is 507 g/mol. The van der Waals surface area contributed by atoms with Gasteiger partial charge in [-0.2, -0.15) is 0 Å². The minimum absolute atomic E-state index is 0.0364. The average molecular weight is 508 g/mol. The van der Waals surface area contributed by atoms with Gasteiger partial charge in [0.15, 0.2) is 4.90 Å². The van der Waals surface area contributed by atoms with E-state index in [9.17, 15) is 17.6 Å². The molecule has 176 valence electrons. The van der Waals surface area contributed by atoms with E-state index in [-0.39, 0.29) is 33.4 Å². The number of ether oxygens (including phenoxy) is 1. The third-order valence-electron chi connectivity index (χ3n) is 4.90. The van der Waals surface area contributed by atoms with Crippen molar-refractivity contribution in [2.75, 3.05) is 18.9 Å². The fourth-order valence-electron chi connectivity index (χ4n) is 3.38. The SMILES string of the molecule is CNC(=O)c1c(-c2c(F)ccc(NS(=O)(=O)c3cc(F)cnc3OC)c2Cl)ccc2cncn12. The molecule has 3 heterocycles. The van der Waals surface area contributed by atoms with Crippen LogP contribution < -0.4 is 14.8 Å². The lowest BCUT2D eigenvalue weighted by Gasteiger charge is -2.17. The number of aromatic nitrogens is 3. The molecule has 3 aromatic heterocycles. The van der Waals surface area contributed by atoms with Crippen LogP contribution in [0.15, 0.2) is 53.9 Å². The molecule has 0 aliphatic rings. The number of hydrogen-bond acceptors (Lipinski definition) is 6. The van der Waals surface area contributed by atoms with E-state index in [1.165, 1.54) is 37.1 Å². The second-order valence-electron chi connectivity index (χ2n) is 6.91. The quantitative estimate of drug-likeness (QED) is 0.413. The first kappa shape index (κ1) is 23.4. The van der Waals surface area contributed by atoms with Gasteiger partial charge in [0.05, 0.1) is 42.1 Å². The van der Waals surface area contributed by atoms with Crippen molar-refractivity contribution in [3.63, 3.8) is 0 Å². The van der Waals surface area contributed by atoms with E-state index in [4.69, 9.17) is 16.3 Å². The van der Waals surface area contributed by atoms with Gasteiger partial charge in [0.1, 0.15) is 17.3 Å². The highest BCUT2D eigenvalue weighted by Gasteiger charge is 2.26. The van der Waals surface area contributed by atoms with Crippen LogP contribution in [0.4, 0.5) is 14.5 Å². The first-order valence-corrected chi connectivity index (χ1v) is 11.4. The molecule has 0 saturated carbocycles. The minimum atomic E-state index is -4.45. The summed E-state index contributed by atoms with van der Waals surface area (Å²) in [6.07, 6.45) is 3.69. The third-order valence-corrected chi connectivity index (χ3v) is 6.65. The normalized spacial score (nSPS) is 11.4. The van der Waals surface area contributed by atoms with E-state index in [0.29, 0.717) is 5.52 Å². The highest BCUT2D eigenvalue weighted by molar-refractivity contribution is 7.92. The van der Waals surface area contributed by atoms with Crippen LogP contribution in [0.5, 0.6) is 5.88 Å². The summed E-state index contributed by atoms with van der Waals surface area (Å²) < 4.78 is 63.2. The lowest BCUT2D eigenvalue weighted by molar-refractivity contribution is 0.0957. The highest BCUT2D eigenvalue weighted by atomic mass is 35.5. The van der Waals surface area contributed by atoms with Gasteiger partial charge in [0, 0.05) is 24.2 Å². The number of fused-ring (bicyclic) bond motifs is 1. The number of imidazole rings is 1. The van der Waals surface area contributed by atoms with E-state index in [0.717, 1.165) is 24.4 Å². The molecular formula is C21H16ClF2N5O4S. The number of hydrogen-bond donors (Lipinski definition) is 2. The van der Waals surface area contributed by atoms with E-state index in [2.05, 4.69) is 20.0 Å². The van der Waals surface area contributed by atoms with Gasteiger partial charge in [-0.1, -0.05) is 11.6 Å². The smallest absolute Gasteiger partial charge is 0.268 e. The van der Waals surface area contributed by atoms with Crippen LogP contribution in [0.25, 0.3) is 16.6 Å². The summed E-state index contributed by atoms with van der Waals surface area (Å²) in [6, 6.07) is 5.90. The summed E-state index contributed by atoms with van der Waals surface area (Å²) in [5.74, 6) is -2.60. The van der Waals surface area contributed by atoms with Crippen LogP contribution in [-0.4, -0.2) is 42.9 Å². The van der Waals surface area contributed by atoms with Crippen molar-refractivity contribution in [3.05, 3.63) is 71.4 Å². The van der Waals surface area contributed by atoms with Crippen molar-refractivity contribution in [1.82, 2.24) is 19.7 Å². The number of methoxy groups -OCH3 is 1. The van der Waals surface area contributed by atoms with Crippen LogP contribution in [0, 0.1) is 11.6 Å². The molecule has 0 aliphatic heterocycles. The Morgan fingerprint density at radius 1 is 1.18 bits per heavy atom. The Labute approximate surface area is 197 Å². The number of anilines is 1. The standard InChI is InChI=1S/C21H16ClF2N5O4S/c1-25-20(30)19-13(4-3-12-9-26-10-29(12)19)17-14(24)5-6-15(18(17)22)28-34(31,32)16-7-11(23)8-27-21(16)33-2/h3-10,28H,1-2H3,(H,25,30). The lowest BCUT2D eigenvalue weighted by atomic mass is 10.0. The van der Waals surface area contributed by atoms with Crippen molar-refractivity contribution in [3.8, 4) is 17.0 Å². The van der Waals surface area contributed by atoms with Crippen molar-refractivity contribution in [2.45, 2.75) is 4.90 Å². The summed E-state index contributed by atoms with van der Waals surface area (Å²) in [6.45, 7) is 0. The van der Waals surface area contributed by atoms with E-state index < -0.39 is 32.5 Å². The van der Waals surface area contributed by atoms with Gasteiger partial charge >= 0.3 is 0 Å². The van der Waals surface area contributed by atoms with Crippen LogP contribution in [0.2, 0.25) is 5.02 Å². The molecule has 4 rings (SSSR count). The van der Waals surface area contributed by atoms with Gasteiger partial charge in [-0.05, 0) is 24.3 Å². The molecule has 0 bridgehead atoms. The molecule has 0 saturated heterocycles. The summed E-state index contributed by atoms with van der Waals surface area (Å²) in [4.78, 5) is 19.7. The molecule has 4 aromatic rings. The maximum Gasteiger partial charge on any atom is 0.268 e. The molecule has 0 unspecified atom stereocenters. The highest BCUT2D eigenvalue weighted by Crippen LogP contribution is 2.39. The number of sulfonamides is 1. The van der Waals surface area contributed by atoms with Crippen LogP contribution in [0.3, 0.4) is 0 Å². The minimum Gasteiger partial charge on any atom is -0.480 e. The van der Waals surface area contributed by atoms with E-state index in [1.54, 1.807) is 6.07 Å². The molecule has 0 radical (unpaired) electrons. The van der Waals surface area contributed by atoms with Gasteiger partial charge in [-0.25, -0.2) is 27.2 Å². The van der Waals surface area contributed by atoms with Gasteiger partial charge in [-0.15, -0.1) is 0 Å². The number of carbonyl (C=O) groups is 1. The number of halogens is 3. The fourth-order valence-corrected chi connectivity index (χ4v) is 4.94. The van der Waals surface area contributed by atoms with Gasteiger partial charge in [0.25, 0.3) is 15.9 Å². The molecule has 13 heteroatoms. The van der Waals surface area contributed by atoms with Gasteiger partial charge < -0.3 is 10.1 Å². The molecule has 1 amide bonds. The zero-order chi connectivity index (χ0) is 24.6. The zero-order valence-electron chi connectivity index (χ0n) is 17.6. The topological polar surface area (TPSA) is 115 Å². The second kappa shape index (κ2) is 8.88. The number of carbonyl (C=O) groups excluding carboxylic acids is 1. The number of nitrogens with one attached hydrogen (secondary N) is 2. The largest absolute Gasteiger partial charge is 0.480 e. The summed E-state index contributed by atoms with van der Waals surface area (Å²) in [5, 5.41) is 2.16. The fraction of sp³-hybridized carbons (Fsp3) is 0.0952. The molecule has 0 atom stereocenters. The van der Waals surface area contributed by atoms with E-state index >= 15 is 4.39 Å². The molecule has 2 N–H and O–H groups in total. The maximum atomic E-state index is 15.0. The number of benzene rings is 1. The molecule has 34 heavy (non-hydrogen) atoms. The number of rotatable bonds is 6. The summed E-state index contributed by atoms with van der Waals surface area (Å²) >= 11 is 6.45. The number of nitrogens with zero attached hydrogens (tertiary/aromatic N) is 3. The van der Waals surface area contributed by atoms with E-state index in [1.807, 2.05) is 0 Å². The van der Waals surface area contributed by atoms with Crippen LogP contribution >= 0.6 is 11.6 Å². The molecule has 9 nitrogen and oxygen atoms in total. The zero-order valence-corrected chi connectivity index (χ0v) is 19.2. The van der Waals surface area contributed by atoms with Crippen molar-refractivity contribution in [2.24, 2.45) is 0 Å². The number of amides is 1. The Balaban J connectivity index is 1.88. The Kier molecular flexibility index (Phi) is 6.11. The third kappa shape index (κ3) is 4.01. The van der Waals surface area contributed by atoms with Crippen molar-refractivity contribution in [1.29, 1.82) is 0 Å². The Morgan fingerprint density at radius 2 is 1.94 bits per heavy atom. The predicted octanol–water partition coefficient (Wildman–Crippen LogP) is 3.50. The summed E-state index contributed by atoms with van der Waals surface area (Å²) in [5.41, 5.74) is 0.271. The molecular weight excluding hydrogens is 492 g/mol. The second-order valence-corrected chi connectivity index (χ2v) is 8.94. The first-order chi connectivity index (χ1) is 16.2. The Hall–Kier alpha value is -3.77. The molecule has 0 aliphatic carbocycles. The Morgan fingerprint density at radius 3 is 2.65 bits per heavy atom. The maximum absolute atomic E-state index is 15.0. The molecule has 0 fully saturated rings. The van der Waals surface area contributed by atoms with Crippen molar-refractivity contribution >= 4 is 38.7 Å². The average Bonchev–Trinajstić information content (AvgIpc) is 3.29. The Bertz CT molecular complexity index is 1540. The van der Waals surface area contributed by atoms with Crippen molar-refractivity contribution < 1.29 is 26.7 Å². The number of pyridine rings is 2. The van der Waals surface area contributed by atoms with Crippen LogP contribution in [0.1, 0.15) is 10.5 Å². The predicted molar refractivity (Wildman–Crippen MR) is 121 cm³/mol. The van der Waals surface area contributed by atoms with Gasteiger partial charge in [-0.3, -0.25) is 13.9 Å². The first-order valence-electron chi connectivity index (χ1n) is 9.55. The van der Waals surface area contributed by atoms with Crippen LogP contribution in [-0.2, 0) is 10.0 Å². The summed E-state index contributed by atoms with van der Waals surface area (Å²) in [7, 11) is -1.87. The lowest BCUT2D eigenvalue weighted by Crippen LogP contribution is -2.22. The van der Waals surface area contributed by atoms with Gasteiger partial charge in [0.2, 0.25) is 5.88 Å². The molecule has 1 aromatic carbocycles. The molecule has 0 spiro atoms.